The molecule has 6 heteroatoms. The van der Waals surface area contributed by atoms with Crippen LogP contribution in [0, 0.1) is 11.6 Å². The maximum atomic E-state index is 14.1. The van der Waals surface area contributed by atoms with Gasteiger partial charge in [0.2, 0.25) is 5.91 Å². The van der Waals surface area contributed by atoms with Gasteiger partial charge in [-0.25, -0.2) is 8.78 Å². The van der Waals surface area contributed by atoms with E-state index in [0.717, 1.165) is 12.8 Å². The van der Waals surface area contributed by atoms with Crippen molar-refractivity contribution < 1.29 is 13.6 Å². The van der Waals surface area contributed by atoms with Gasteiger partial charge in [-0.2, -0.15) is 0 Å². The predicted octanol–water partition coefficient (Wildman–Crippen LogP) is 1.74. The number of carbonyl (C=O) groups is 1. The summed E-state index contributed by atoms with van der Waals surface area (Å²) in [4.78, 5) is 14.3. The van der Waals surface area contributed by atoms with Crippen molar-refractivity contribution in [1.29, 1.82) is 0 Å². The van der Waals surface area contributed by atoms with Crippen molar-refractivity contribution in [2.75, 3.05) is 32.6 Å². The molecule has 1 saturated carbocycles. The number of benzene rings is 1. The van der Waals surface area contributed by atoms with Gasteiger partial charge in [-0.1, -0.05) is 0 Å². The normalized spacial score (nSPS) is 14.1. The minimum absolute atomic E-state index is 0.0689. The van der Waals surface area contributed by atoms with Crippen molar-refractivity contribution in [3.05, 3.63) is 29.3 Å². The number of rotatable bonds is 6. The molecule has 21 heavy (non-hydrogen) atoms. The van der Waals surface area contributed by atoms with Crippen molar-refractivity contribution in [3.63, 3.8) is 0 Å². The van der Waals surface area contributed by atoms with Crippen LogP contribution in [0.1, 0.15) is 18.4 Å². The van der Waals surface area contributed by atoms with Crippen LogP contribution in [0.5, 0.6) is 0 Å². The third kappa shape index (κ3) is 4.14. The van der Waals surface area contributed by atoms with Crippen LogP contribution >= 0.6 is 0 Å². The van der Waals surface area contributed by atoms with Crippen molar-refractivity contribution in [2.45, 2.75) is 25.4 Å². The summed E-state index contributed by atoms with van der Waals surface area (Å²) >= 11 is 0. The SMILES string of the molecule is CN(C)C(=O)CN(C)c1c(F)cc(CNC2CC2)cc1F. The van der Waals surface area contributed by atoms with Crippen LogP contribution in [0.15, 0.2) is 12.1 Å². The second-order valence-corrected chi connectivity index (χ2v) is 5.71. The Labute approximate surface area is 123 Å². The van der Waals surface area contributed by atoms with Crippen molar-refractivity contribution in [1.82, 2.24) is 10.2 Å². The molecule has 1 amide bonds. The van der Waals surface area contributed by atoms with Crippen LogP contribution in [0.3, 0.4) is 0 Å². The third-order valence-corrected chi connectivity index (χ3v) is 3.50. The Balaban J connectivity index is 2.09. The Hall–Kier alpha value is -1.69. The summed E-state index contributed by atoms with van der Waals surface area (Å²) in [5, 5.41) is 3.22. The van der Waals surface area contributed by atoms with E-state index in [4.69, 9.17) is 0 Å². The Morgan fingerprint density at radius 2 is 1.81 bits per heavy atom. The summed E-state index contributed by atoms with van der Waals surface area (Å²) < 4.78 is 28.2. The molecule has 1 fully saturated rings. The zero-order valence-electron chi connectivity index (χ0n) is 12.6. The average Bonchev–Trinajstić information content (AvgIpc) is 3.19. The van der Waals surface area contributed by atoms with Gasteiger partial charge < -0.3 is 15.1 Å². The molecule has 0 bridgehead atoms. The third-order valence-electron chi connectivity index (χ3n) is 3.50. The highest BCUT2D eigenvalue weighted by molar-refractivity contribution is 5.81. The monoisotopic (exact) mass is 297 g/mol. The van der Waals surface area contributed by atoms with Crippen LogP contribution in [-0.2, 0) is 11.3 Å². The quantitative estimate of drug-likeness (QED) is 0.869. The zero-order chi connectivity index (χ0) is 15.6. The Morgan fingerprint density at radius 1 is 1.24 bits per heavy atom. The van der Waals surface area contributed by atoms with Crippen LogP contribution in [0.25, 0.3) is 0 Å². The average molecular weight is 297 g/mol. The van der Waals surface area contributed by atoms with Gasteiger partial charge in [0.05, 0.1) is 6.54 Å². The fraction of sp³-hybridized carbons (Fsp3) is 0.533. The first-order chi connectivity index (χ1) is 9.88. The fourth-order valence-electron chi connectivity index (χ4n) is 2.06. The lowest BCUT2D eigenvalue weighted by Crippen LogP contribution is -2.35. The highest BCUT2D eigenvalue weighted by Gasteiger charge is 2.21. The smallest absolute Gasteiger partial charge is 0.241 e. The first-order valence-electron chi connectivity index (χ1n) is 7.01. The van der Waals surface area contributed by atoms with Gasteiger partial charge in [-0.05, 0) is 30.5 Å². The molecule has 1 N–H and O–H groups in total. The van der Waals surface area contributed by atoms with Crippen LogP contribution < -0.4 is 10.2 Å². The number of amides is 1. The van der Waals surface area contributed by atoms with E-state index in [1.165, 1.54) is 29.0 Å². The van der Waals surface area contributed by atoms with Crippen LogP contribution in [-0.4, -0.2) is 44.5 Å². The number of nitrogens with one attached hydrogen (secondary N) is 1. The number of anilines is 1. The topological polar surface area (TPSA) is 35.6 Å². The maximum absolute atomic E-state index is 14.1. The number of halogens is 2. The molecule has 0 saturated heterocycles. The van der Waals surface area contributed by atoms with Crippen LogP contribution in [0.2, 0.25) is 0 Å². The van der Waals surface area contributed by atoms with E-state index in [2.05, 4.69) is 5.32 Å². The first-order valence-corrected chi connectivity index (χ1v) is 7.01. The molecule has 1 aliphatic rings. The zero-order valence-corrected chi connectivity index (χ0v) is 12.6. The summed E-state index contributed by atoms with van der Waals surface area (Å²) in [6.45, 7) is 0.389. The standard InChI is InChI=1S/C15H21F2N3O/c1-19(2)14(21)9-20(3)15-12(16)6-10(7-13(15)17)8-18-11-4-5-11/h6-7,11,18H,4-5,8-9H2,1-3H3. The highest BCUT2D eigenvalue weighted by Crippen LogP contribution is 2.25. The molecular weight excluding hydrogens is 276 g/mol. The molecule has 0 heterocycles. The number of nitrogens with zero attached hydrogens (tertiary/aromatic N) is 2. The van der Waals surface area contributed by atoms with E-state index in [-0.39, 0.29) is 18.1 Å². The molecule has 0 aliphatic heterocycles. The summed E-state index contributed by atoms with van der Waals surface area (Å²) in [5.74, 6) is -1.50. The summed E-state index contributed by atoms with van der Waals surface area (Å²) in [6.07, 6.45) is 2.25. The molecule has 0 spiro atoms. The fourth-order valence-corrected chi connectivity index (χ4v) is 2.06. The largest absolute Gasteiger partial charge is 0.361 e. The first kappa shape index (κ1) is 15.7. The lowest BCUT2D eigenvalue weighted by molar-refractivity contribution is -0.127. The summed E-state index contributed by atoms with van der Waals surface area (Å²) in [7, 11) is 4.72. The lowest BCUT2D eigenvalue weighted by atomic mass is 10.1. The Kier molecular flexibility index (Phi) is 4.77. The highest BCUT2D eigenvalue weighted by atomic mass is 19.1. The minimum atomic E-state index is -0.642. The van der Waals surface area contributed by atoms with Gasteiger partial charge in [0, 0.05) is 33.7 Å². The molecule has 4 nitrogen and oxygen atoms in total. The van der Waals surface area contributed by atoms with E-state index in [1.807, 2.05) is 0 Å². The van der Waals surface area contributed by atoms with E-state index in [9.17, 15) is 13.6 Å². The summed E-state index contributed by atoms with van der Waals surface area (Å²) in [5.41, 5.74) is 0.411. The van der Waals surface area contributed by atoms with Crippen LogP contribution in [0.4, 0.5) is 14.5 Å². The second-order valence-electron chi connectivity index (χ2n) is 5.71. The molecule has 0 radical (unpaired) electrons. The van der Waals surface area contributed by atoms with Crippen molar-refractivity contribution >= 4 is 11.6 Å². The summed E-state index contributed by atoms with van der Waals surface area (Å²) in [6, 6.07) is 3.13. The molecule has 1 aromatic carbocycles. The maximum Gasteiger partial charge on any atom is 0.241 e. The lowest BCUT2D eigenvalue weighted by Gasteiger charge is -2.22. The molecular formula is C15H21F2N3O. The Morgan fingerprint density at radius 3 is 2.29 bits per heavy atom. The predicted molar refractivity (Wildman–Crippen MR) is 78.2 cm³/mol. The number of hydrogen-bond acceptors (Lipinski definition) is 3. The number of carbonyl (C=O) groups excluding carboxylic acids is 1. The molecule has 0 atom stereocenters. The second kappa shape index (κ2) is 6.39. The Bertz CT molecular complexity index is 507. The van der Waals surface area contributed by atoms with Gasteiger partial charge in [0.1, 0.15) is 17.3 Å². The van der Waals surface area contributed by atoms with E-state index in [1.54, 1.807) is 14.1 Å². The van der Waals surface area contributed by atoms with Gasteiger partial charge in [-0.3, -0.25) is 4.79 Å². The molecule has 0 unspecified atom stereocenters. The number of hydrogen-bond donors (Lipinski definition) is 1. The molecule has 1 aromatic rings. The van der Waals surface area contributed by atoms with E-state index < -0.39 is 11.6 Å². The molecule has 116 valence electrons. The van der Waals surface area contributed by atoms with Gasteiger partial charge in [0.15, 0.2) is 0 Å². The van der Waals surface area contributed by atoms with Gasteiger partial charge >= 0.3 is 0 Å². The molecule has 2 rings (SSSR count). The minimum Gasteiger partial charge on any atom is -0.361 e. The van der Waals surface area contributed by atoms with Gasteiger partial charge in [0.25, 0.3) is 0 Å². The molecule has 0 aromatic heterocycles. The van der Waals surface area contributed by atoms with Crippen molar-refractivity contribution in [2.24, 2.45) is 0 Å². The van der Waals surface area contributed by atoms with E-state index >= 15 is 0 Å². The van der Waals surface area contributed by atoms with E-state index in [0.29, 0.717) is 18.2 Å². The number of likely N-dealkylation sites (N-methyl/N-ethyl adjacent to an activating group) is 2. The van der Waals surface area contributed by atoms with Gasteiger partial charge in [-0.15, -0.1) is 0 Å². The van der Waals surface area contributed by atoms with Crippen molar-refractivity contribution in [3.8, 4) is 0 Å². The molecule has 1 aliphatic carbocycles.